The summed E-state index contributed by atoms with van der Waals surface area (Å²) in [5.74, 6) is -2.50. The smallest absolute Gasteiger partial charge is 0.238 e. The predicted octanol–water partition coefficient (Wildman–Crippen LogP) is 6.99. The van der Waals surface area contributed by atoms with Gasteiger partial charge in [0.1, 0.15) is 11.5 Å². The molecule has 4 aliphatic rings. The van der Waals surface area contributed by atoms with Gasteiger partial charge in [0.15, 0.2) is 23.1 Å². The fourth-order valence-electron chi connectivity index (χ4n) is 7.83. The molecule has 1 N–H and O–H groups in total. The van der Waals surface area contributed by atoms with Crippen LogP contribution in [-0.2, 0) is 19.2 Å². The van der Waals surface area contributed by atoms with E-state index in [4.69, 9.17) is 14.2 Å². The largest absolute Gasteiger partial charge is 0.504 e. The lowest BCUT2D eigenvalue weighted by molar-refractivity contribution is -0.123. The van der Waals surface area contributed by atoms with Crippen molar-refractivity contribution in [3.05, 3.63) is 110 Å². The third-order valence-corrected chi connectivity index (χ3v) is 10.7. The lowest BCUT2D eigenvalue weighted by Gasteiger charge is -2.42. The first-order chi connectivity index (χ1) is 24.1. The lowest BCUT2D eigenvalue weighted by atomic mass is 9.59. The summed E-state index contributed by atoms with van der Waals surface area (Å²) in [5.41, 5.74) is 4.19. The van der Waals surface area contributed by atoms with E-state index < -0.39 is 23.7 Å². The first-order valence-corrected chi connectivity index (χ1v) is 17.0. The second kappa shape index (κ2) is 12.9. The molecule has 0 spiro atoms. The summed E-state index contributed by atoms with van der Waals surface area (Å²) in [7, 11) is 4.64. The highest BCUT2D eigenvalue weighted by Crippen LogP contribution is 2.57. The minimum atomic E-state index is -0.803. The van der Waals surface area contributed by atoms with Crippen LogP contribution in [0.4, 0.5) is 5.69 Å². The number of phenols is 1. The summed E-state index contributed by atoms with van der Waals surface area (Å²) in [4.78, 5) is 56.8. The predicted molar refractivity (Wildman–Crippen MR) is 191 cm³/mol. The molecule has 3 aromatic carbocycles. The number of imide groups is 1. The van der Waals surface area contributed by atoms with Gasteiger partial charge in [0.25, 0.3) is 0 Å². The highest BCUT2D eigenvalue weighted by Gasteiger charge is 2.57. The molecule has 9 nitrogen and oxygen atoms in total. The van der Waals surface area contributed by atoms with E-state index in [0.29, 0.717) is 43.9 Å². The Balaban J connectivity index is 1.23. The average Bonchev–Trinajstić information content (AvgIpc) is 3.38. The number of hydrogen-bond donors (Lipinski definition) is 1. The maximum Gasteiger partial charge on any atom is 0.238 e. The number of carbonyl (C=O) groups is 4. The molecular formula is C40H34BrNO8. The first kappa shape index (κ1) is 33.3. The highest BCUT2D eigenvalue weighted by atomic mass is 79.9. The number of halogens is 1. The summed E-state index contributed by atoms with van der Waals surface area (Å²) in [5, 5.41) is 11.4. The number of carbonyl (C=O) groups excluding carboxylic acids is 4. The van der Waals surface area contributed by atoms with Crippen molar-refractivity contribution in [3.63, 3.8) is 0 Å². The Hall–Kier alpha value is -5.22. The molecule has 3 aliphatic carbocycles. The topological polar surface area (TPSA) is 119 Å². The molecular weight excluding hydrogens is 702 g/mol. The molecule has 50 heavy (non-hydrogen) atoms. The van der Waals surface area contributed by atoms with E-state index in [1.54, 1.807) is 45.4 Å². The van der Waals surface area contributed by atoms with Crippen LogP contribution in [0.15, 0.2) is 93.5 Å². The van der Waals surface area contributed by atoms with E-state index in [-0.39, 0.29) is 47.7 Å². The second-order valence-corrected chi connectivity index (χ2v) is 13.7. The van der Waals surface area contributed by atoms with Gasteiger partial charge in [-0.2, -0.15) is 0 Å². The number of Topliss-reactive ketones (excluding diaryl/α,β-unsaturated/α-hetero) is 1. The average molecular weight is 737 g/mol. The van der Waals surface area contributed by atoms with Crippen molar-refractivity contribution in [2.24, 2.45) is 17.8 Å². The Morgan fingerprint density at radius 3 is 2.30 bits per heavy atom. The van der Waals surface area contributed by atoms with Gasteiger partial charge in [-0.05, 0) is 79.8 Å². The van der Waals surface area contributed by atoms with E-state index in [1.165, 1.54) is 18.1 Å². The van der Waals surface area contributed by atoms with Gasteiger partial charge in [-0.1, -0.05) is 51.9 Å². The number of nitrogens with zero attached hydrogens (tertiary/aromatic N) is 1. The van der Waals surface area contributed by atoms with E-state index in [9.17, 15) is 24.3 Å². The van der Waals surface area contributed by atoms with Gasteiger partial charge in [-0.25, -0.2) is 0 Å². The maximum atomic E-state index is 14.3. The van der Waals surface area contributed by atoms with Gasteiger partial charge < -0.3 is 19.3 Å². The van der Waals surface area contributed by atoms with Crippen molar-refractivity contribution in [1.29, 1.82) is 0 Å². The van der Waals surface area contributed by atoms with Crippen molar-refractivity contribution in [2.75, 3.05) is 26.2 Å². The molecule has 1 saturated heterocycles. The molecule has 2 amide bonds. The molecule has 1 fully saturated rings. The zero-order valence-electron chi connectivity index (χ0n) is 27.9. The number of ketones is 2. The molecule has 0 aromatic heterocycles. The Morgan fingerprint density at radius 2 is 1.60 bits per heavy atom. The molecule has 254 valence electrons. The lowest BCUT2D eigenvalue weighted by Crippen LogP contribution is -2.39. The van der Waals surface area contributed by atoms with Crippen molar-refractivity contribution in [2.45, 2.75) is 25.7 Å². The minimum Gasteiger partial charge on any atom is -0.504 e. The Labute approximate surface area is 297 Å². The van der Waals surface area contributed by atoms with Crippen LogP contribution in [0, 0.1) is 17.8 Å². The zero-order valence-corrected chi connectivity index (χ0v) is 29.4. The van der Waals surface area contributed by atoms with E-state index in [0.717, 1.165) is 16.7 Å². The molecule has 4 atom stereocenters. The standard InChI is InChI=1S/C40H34BrNO8/c1-20-15-31(43)29-19-28-26(34(36(29)37(20)44)30-17-23(41)18-33(50-4)38(30)45)12-13-27-35(28)40(47)42(39(27)46)24-9-6-21(7-10-24)5-8-22-16-25(48-2)11-14-32(22)49-3/h5-12,14-18,27-28,34-35,45H,13,19H2,1-4H3/t27-,28+,34+,35-/m0/s1. The first-order valence-electron chi connectivity index (χ1n) is 16.2. The summed E-state index contributed by atoms with van der Waals surface area (Å²) in [6, 6.07) is 16.0. The monoisotopic (exact) mass is 735 g/mol. The van der Waals surface area contributed by atoms with E-state index in [1.807, 2.05) is 48.6 Å². The van der Waals surface area contributed by atoms with Gasteiger partial charge >= 0.3 is 0 Å². The number of fused-ring (bicyclic) bond motifs is 3. The molecule has 1 heterocycles. The van der Waals surface area contributed by atoms with Crippen LogP contribution in [0.25, 0.3) is 12.2 Å². The summed E-state index contributed by atoms with van der Waals surface area (Å²) >= 11 is 3.49. The van der Waals surface area contributed by atoms with Crippen LogP contribution in [0.1, 0.15) is 42.4 Å². The third-order valence-electron chi connectivity index (χ3n) is 10.2. The van der Waals surface area contributed by atoms with Gasteiger partial charge in [-0.3, -0.25) is 24.1 Å². The van der Waals surface area contributed by atoms with Crippen molar-refractivity contribution < 1.29 is 38.5 Å². The molecule has 0 unspecified atom stereocenters. The van der Waals surface area contributed by atoms with E-state index >= 15 is 0 Å². The van der Waals surface area contributed by atoms with Gasteiger partial charge in [0, 0.05) is 38.2 Å². The number of benzene rings is 3. The molecule has 0 radical (unpaired) electrons. The molecule has 7 rings (SSSR count). The molecule has 3 aromatic rings. The van der Waals surface area contributed by atoms with E-state index in [2.05, 4.69) is 15.9 Å². The fourth-order valence-corrected chi connectivity index (χ4v) is 8.29. The highest BCUT2D eigenvalue weighted by molar-refractivity contribution is 9.10. The Morgan fingerprint density at radius 1 is 0.860 bits per heavy atom. The SMILES string of the molecule is COc1ccc(OC)c(C=Cc2ccc(N3C(=O)[C@H]4[C@H](CC=C5[C@H](c6cc(Br)cc(OC)c6O)C6=C(C[C@H]54)C(=O)C=C(C)C6=O)C3=O)cc2)c1. The van der Waals surface area contributed by atoms with Gasteiger partial charge in [0.2, 0.25) is 11.8 Å². The Kier molecular flexibility index (Phi) is 8.59. The number of ether oxygens (including phenoxy) is 3. The Bertz CT molecular complexity index is 2110. The number of phenolic OH excluding ortho intramolecular Hbond substituents is 1. The number of amides is 2. The third kappa shape index (κ3) is 5.38. The van der Waals surface area contributed by atoms with Crippen LogP contribution in [0.5, 0.6) is 23.0 Å². The summed E-state index contributed by atoms with van der Waals surface area (Å²) < 4.78 is 16.9. The summed E-state index contributed by atoms with van der Waals surface area (Å²) in [6.45, 7) is 1.60. The minimum absolute atomic E-state index is 0.142. The van der Waals surface area contributed by atoms with Gasteiger partial charge in [-0.15, -0.1) is 0 Å². The number of rotatable bonds is 7. The van der Waals surface area contributed by atoms with Crippen molar-refractivity contribution in [3.8, 4) is 23.0 Å². The molecule has 0 saturated carbocycles. The van der Waals surface area contributed by atoms with Crippen LogP contribution in [0.2, 0.25) is 0 Å². The number of hydrogen-bond acceptors (Lipinski definition) is 8. The second-order valence-electron chi connectivity index (χ2n) is 12.8. The van der Waals surface area contributed by atoms with Crippen LogP contribution < -0.4 is 19.1 Å². The normalized spacial score (nSPS) is 23.0. The molecule has 0 bridgehead atoms. The number of aromatic hydroxyl groups is 1. The number of allylic oxidation sites excluding steroid dienone is 6. The van der Waals surface area contributed by atoms with Crippen molar-refractivity contribution in [1.82, 2.24) is 0 Å². The van der Waals surface area contributed by atoms with Crippen LogP contribution >= 0.6 is 15.9 Å². The molecule has 1 aliphatic heterocycles. The van der Waals surface area contributed by atoms with Gasteiger partial charge in [0.05, 0.1) is 38.9 Å². The fraction of sp³-hybridized carbons (Fsp3) is 0.250. The maximum absolute atomic E-state index is 14.3. The zero-order chi connectivity index (χ0) is 35.4. The number of methoxy groups -OCH3 is 3. The van der Waals surface area contributed by atoms with Crippen LogP contribution in [-0.4, -0.2) is 49.8 Å². The van der Waals surface area contributed by atoms with Crippen molar-refractivity contribution >= 4 is 57.2 Å². The molecule has 10 heteroatoms. The number of anilines is 1. The van der Waals surface area contributed by atoms with Crippen LogP contribution in [0.3, 0.4) is 0 Å². The summed E-state index contributed by atoms with van der Waals surface area (Å²) in [6.07, 6.45) is 7.49. The quantitative estimate of drug-likeness (QED) is 0.119.